The van der Waals surface area contributed by atoms with Crippen LogP contribution in [0.5, 0.6) is 0 Å². The molecular formula is C23H26ClN3O2. The smallest absolute Gasteiger partial charge is 0.234 e. The highest BCUT2D eigenvalue weighted by atomic mass is 35.5. The lowest BCUT2D eigenvalue weighted by molar-refractivity contribution is -0.134. The van der Waals surface area contributed by atoms with Crippen LogP contribution in [0.3, 0.4) is 0 Å². The van der Waals surface area contributed by atoms with Crippen LogP contribution >= 0.6 is 11.6 Å². The Morgan fingerprint density at radius 3 is 2.38 bits per heavy atom. The molecule has 2 aromatic rings. The molecule has 152 valence electrons. The first-order valence-corrected chi connectivity index (χ1v) is 10.6. The molecule has 1 saturated heterocycles. The molecule has 2 fully saturated rings. The molecule has 2 amide bonds. The van der Waals surface area contributed by atoms with E-state index in [9.17, 15) is 9.59 Å². The van der Waals surface area contributed by atoms with Gasteiger partial charge in [-0.2, -0.15) is 0 Å². The van der Waals surface area contributed by atoms with E-state index in [0.29, 0.717) is 26.2 Å². The van der Waals surface area contributed by atoms with Crippen LogP contribution in [0.25, 0.3) is 0 Å². The number of benzene rings is 2. The highest BCUT2D eigenvalue weighted by Gasteiger charge is 2.46. The van der Waals surface area contributed by atoms with Gasteiger partial charge in [-0.15, -0.1) is 0 Å². The van der Waals surface area contributed by atoms with E-state index in [0.717, 1.165) is 35.7 Å². The molecule has 5 nitrogen and oxygen atoms in total. The minimum atomic E-state index is 0.0228. The average Bonchev–Trinajstić information content (AvgIpc) is 3.54. The van der Waals surface area contributed by atoms with Crippen molar-refractivity contribution in [2.45, 2.75) is 18.9 Å². The molecule has 2 atom stereocenters. The Bertz CT molecular complexity index is 865. The molecule has 2 aliphatic rings. The number of piperazine rings is 1. The first-order chi connectivity index (χ1) is 14.1. The maximum Gasteiger partial charge on any atom is 0.234 e. The van der Waals surface area contributed by atoms with Crippen LogP contribution in [-0.4, -0.2) is 54.3 Å². The molecule has 1 aliphatic heterocycles. The second-order valence-electron chi connectivity index (χ2n) is 7.83. The summed E-state index contributed by atoms with van der Waals surface area (Å²) in [6.45, 7) is 3.73. The number of nitrogens with one attached hydrogen (secondary N) is 1. The summed E-state index contributed by atoms with van der Waals surface area (Å²) in [5.41, 5.74) is 2.18. The minimum absolute atomic E-state index is 0.0228. The van der Waals surface area contributed by atoms with E-state index in [2.05, 4.69) is 10.2 Å². The fraction of sp³-hybridized carbons (Fsp3) is 0.391. The van der Waals surface area contributed by atoms with Gasteiger partial charge in [0.1, 0.15) is 0 Å². The van der Waals surface area contributed by atoms with Crippen molar-refractivity contribution in [1.82, 2.24) is 15.1 Å². The Morgan fingerprint density at radius 1 is 0.966 bits per heavy atom. The molecule has 2 unspecified atom stereocenters. The van der Waals surface area contributed by atoms with Crippen molar-refractivity contribution in [2.24, 2.45) is 5.92 Å². The Morgan fingerprint density at radius 2 is 1.66 bits per heavy atom. The van der Waals surface area contributed by atoms with Crippen LogP contribution in [0, 0.1) is 5.92 Å². The maximum absolute atomic E-state index is 12.8. The summed E-state index contributed by atoms with van der Waals surface area (Å²) in [5, 5.41) is 3.71. The molecule has 1 saturated carbocycles. The van der Waals surface area contributed by atoms with Gasteiger partial charge >= 0.3 is 0 Å². The summed E-state index contributed by atoms with van der Waals surface area (Å²) < 4.78 is 0. The molecule has 2 aromatic carbocycles. The third-order valence-electron chi connectivity index (χ3n) is 5.80. The van der Waals surface area contributed by atoms with Crippen molar-refractivity contribution in [3.8, 4) is 0 Å². The Kier molecular flexibility index (Phi) is 6.16. The molecule has 0 radical (unpaired) electrons. The van der Waals surface area contributed by atoms with Gasteiger partial charge in [-0.1, -0.05) is 60.1 Å². The number of nitrogens with zero attached hydrogens (tertiary/aromatic N) is 2. The van der Waals surface area contributed by atoms with Crippen molar-refractivity contribution < 1.29 is 9.59 Å². The van der Waals surface area contributed by atoms with Gasteiger partial charge in [-0.25, -0.2) is 0 Å². The predicted octanol–water partition coefficient (Wildman–Crippen LogP) is 2.90. The third kappa shape index (κ3) is 4.98. The second kappa shape index (κ2) is 8.97. The second-order valence-corrected chi connectivity index (χ2v) is 8.24. The van der Waals surface area contributed by atoms with Crippen molar-refractivity contribution in [3.05, 3.63) is 70.7 Å². The SMILES string of the molecule is O=C(CN1CCN(C(=O)C2CC2c2ccccc2Cl)CC1)NCc1ccccc1. The summed E-state index contributed by atoms with van der Waals surface area (Å²) in [6, 6.07) is 17.7. The van der Waals surface area contributed by atoms with Crippen LogP contribution in [0.1, 0.15) is 23.5 Å². The number of carbonyl (C=O) groups is 2. The molecule has 0 bridgehead atoms. The summed E-state index contributed by atoms with van der Waals surface area (Å²) in [7, 11) is 0. The molecule has 0 aromatic heterocycles. The highest BCUT2D eigenvalue weighted by molar-refractivity contribution is 6.31. The van der Waals surface area contributed by atoms with Crippen LogP contribution in [0.4, 0.5) is 0 Å². The lowest BCUT2D eigenvalue weighted by Gasteiger charge is -2.34. The van der Waals surface area contributed by atoms with Gasteiger partial charge in [0.25, 0.3) is 0 Å². The van der Waals surface area contributed by atoms with Gasteiger partial charge in [0.2, 0.25) is 11.8 Å². The minimum Gasteiger partial charge on any atom is -0.351 e. The summed E-state index contributed by atoms with van der Waals surface area (Å²) in [4.78, 5) is 29.1. The topological polar surface area (TPSA) is 52.7 Å². The van der Waals surface area contributed by atoms with Crippen molar-refractivity contribution in [1.29, 1.82) is 0 Å². The number of amides is 2. The number of carbonyl (C=O) groups excluding carboxylic acids is 2. The van der Waals surface area contributed by atoms with Gasteiger partial charge in [0.05, 0.1) is 6.54 Å². The molecule has 1 aliphatic carbocycles. The van der Waals surface area contributed by atoms with Gasteiger partial charge in [-0.05, 0) is 29.5 Å². The van der Waals surface area contributed by atoms with Gasteiger partial charge < -0.3 is 10.2 Å². The number of rotatable bonds is 6. The number of hydrogen-bond acceptors (Lipinski definition) is 3. The lowest BCUT2D eigenvalue weighted by Crippen LogP contribution is -2.51. The Balaban J connectivity index is 1.20. The quantitative estimate of drug-likeness (QED) is 0.795. The average molecular weight is 412 g/mol. The zero-order valence-electron chi connectivity index (χ0n) is 16.4. The van der Waals surface area contributed by atoms with E-state index in [4.69, 9.17) is 11.6 Å². The lowest BCUT2D eigenvalue weighted by atomic mass is 10.1. The monoisotopic (exact) mass is 411 g/mol. The molecule has 1 N–H and O–H groups in total. The van der Waals surface area contributed by atoms with Crippen LogP contribution in [0.2, 0.25) is 5.02 Å². The Hall–Kier alpha value is -2.37. The predicted molar refractivity (Wildman–Crippen MR) is 114 cm³/mol. The van der Waals surface area contributed by atoms with E-state index in [1.54, 1.807) is 0 Å². The molecule has 1 heterocycles. The van der Waals surface area contributed by atoms with E-state index in [-0.39, 0.29) is 23.7 Å². The molecule has 0 spiro atoms. The first-order valence-electron chi connectivity index (χ1n) is 10.2. The van der Waals surface area contributed by atoms with Crippen LogP contribution in [-0.2, 0) is 16.1 Å². The number of halogens is 1. The van der Waals surface area contributed by atoms with Crippen molar-refractivity contribution in [3.63, 3.8) is 0 Å². The molecule has 4 rings (SSSR count). The normalized spacial score (nSPS) is 21.6. The summed E-state index contributed by atoms with van der Waals surface area (Å²) in [5.74, 6) is 0.548. The fourth-order valence-electron chi connectivity index (χ4n) is 4.00. The largest absolute Gasteiger partial charge is 0.351 e. The van der Waals surface area contributed by atoms with Crippen molar-refractivity contribution in [2.75, 3.05) is 32.7 Å². The summed E-state index contributed by atoms with van der Waals surface area (Å²) >= 11 is 6.28. The molecule has 6 heteroatoms. The van der Waals surface area contributed by atoms with E-state index in [1.165, 1.54) is 0 Å². The zero-order valence-corrected chi connectivity index (χ0v) is 17.1. The van der Waals surface area contributed by atoms with Crippen LogP contribution in [0.15, 0.2) is 54.6 Å². The molecular weight excluding hydrogens is 386 g/mol. The van der Waals surface area contributed by atoms with E-state index in [1.807, 2.05) is 59.5 Å². The van der Waals surface area contributed by atoms with E-state index >= 15 is 0 Å². The van der Waals surface area contributed by atoms with E-state index < -0.39 is 0 Å². The first kappa shape index (κ1) is 19.9. The standard InChI is InChI=1S/C23H26ClN3O2/c24-21-9-5-4-8-18(21)19-14-20(19)23(29)27-12-10-26(11-13-27)16-22(28)25-15-17-6-2-1-3-7-17/h1-9,19-20H,10-16H2,(H,25,28). The third-order valence-corrected chi connectivity index (χ3v) is 6.14. The fourth-order valence-corrected chi connectivity index (χ4v) is 4.28. The highest BCUT2D eigenvalue weighted by Crippen LogP contribution is 2.50. The maximum atomic E-state index is 12.8. The van der Waals surface area contributed by atoms with Crippen LogP contribution < -0.4 is 5.32 Å². The Labute approximate surface area is 176 Å². The van der Waals surface area contributed by atoms with Gasteiger partial charge in [0.15, 0.2) is 0 Å². The number of hydrogen-bond donors (Lipinski definition) is 1. The van der Waals surface area contributed by atoms with Gasteiger partial charge in [0, 0.05) is 43.7 Å². The zero-order chi connectivity index (χ0) is 20.2. The van der Waals surface area contributed by atoms with Crippen molar-refractivity contribution >= 4 is 23.4 Å². The van der Waals surface area contributed by atoms with Gasteiger partial charge in [-0.3, -0.25) is 14.5 Å². The summed E-state index contributed by atoms with van der Waals surface area (Å²) in [6.07, 6.45) is 0.880. The molecule has 29 heavy (non-hydrogen) atoms.